The molecule has 3 rings (SSSR count). The van der Waals surface area contributed by atoms with E-state index in [1.807, 2.05) is 0 Å². The number of hydrogen-bond acceptors (Lipinski definition) is 2. The summed E-state index contributed by atoms with van der Waals surface area (Å²) >= 11 is 0. The Labute approximate surface area is 97.0 Å². The van der Waals surface area contributed by atoms with Crippen LogP contribution in [0.15, 0.2) is 24.3 Å². The molecule has 1 heterocycles. The monoisotopic (exact) mass is 217 g/mol. The van der Waals surface area contributed by atoms with Crippen LogP contribution in [-0.2, 0) is 4.74 Å². The van der Waals surface area contributed by atoms with Crippen LogP contribution in [0.5, 0.6) is 0 Å². The van der Waals surface area contributed by atoms with Gasteiger partial charge >= 0.3 is 0 Å². The van der Waals surface area contributed by atoms with Gasteiger partial charge in [-0.05, 0) is 25.3 Å². The average molecular weight is 217 g/mol. The molecule has 1 aromatic rings. The molecule has 0 aromatic heterocycles. The van der Waals surface area contributed by atoms with Gasteiger partial charge in [-0.15, -0.1) is 0 Å². The van der Waals surface area contributed by atoms with E-state index in [2.05, 4.69) is 36.5 Å². The molecule has 0 amide bonds. The molecule has 3 atom stereocenters. The van der Waals surface area contributed by atoms with Crippen molar-refractivity contribution in [3.8, 4) is 0 Å². The molecule has 1 aliphatic carbocycles. The molecular weight excluding hydrogens is 198 g/mol. The van der Waals surface area contributed by atoms with Crippen LogP contribution >= 0.6 is 0 Å². The summed E-state index contributed by atoms with van der Waals surface area (Å²) in [4.78, 5) is 0. The first-order valence-corrected chi connectivity index (χ1v) is 6.31. The van der Waals surface area contributed by atoms with Crippen LogP contribution in [0.25, 0.3) is 0 Å². The maximum Gasteiger partial charge on any atom is 0.135 e. The number of nitrogens with one attached hydrogen (secondary N) is 1. The van der Waals surface area contributed by atoms with Crippen LogP contribution < -0.4 is 5.32 Å². The zero-order chi connectivity index (χ0) is 11.0. The van der Waals surface area contributed by atoms with Crippen LogP contribution in [0.4, 0.5) is 0 Å². The van der Waals surface area contributed by atoms with Crippen LogP contribution in [0, 0.1) is 6.92 Å². The Morgan fingerprint density at radius 1 is 1.12 bits per heavy atom. The fourth-order valence-corrected chi connectivity index (χ4v) is 2.77. The Morgan fingerprint density at radius 2 is 1.88 bits per heavy atom. The lowest BCUT2D eigenvalue weighted by atomic mass is 9.93. The quantitative estimate of drug-likeness (QED) is 0.781. The molecule has 2 fully saturated rings. The highest BCUT2D eigenvalue weighted by atomic mass is 16.5. The molecule has 2 nitrogen and oxygen atoms in total. The van der Waals surface area contributed by atoms with Gasteiger partial charge in [-0.1, -0.05) is 42.7 Å². The summed E-state index contributed by atoms with van der Waals surface area (Å²) in [5.74, 6) is 0. The van der Waals surface area contributed by atoms with Crippen molar-refractivity contribution >= 4 is 0 Å². The van der Waals surface area contributed by atoms with Gasteiger partial charge < -0.3 is 4.74 Å². The Hall–Kier alpha value is -0.860. The number of ether oxygens (including phenoxy) is 1. The van der Waals surface area contributed by atoms with Crippen molar-refractivity contribution in [3.05, 3.63) is 35.4 Å². The normalized spacial score (nSPS) is 33.7. The van der Waals surface area contributed by atoms with E-state index in [1.165, 1.54) is 36.8 Å². The third-order valence-electron chi connectivity index (χ3n) is 3.76. The SMILES string of the molecule is Cc1ccc(C2N[C@@H]3CCCC[C@H]3O2)cc1. The van der Waals surface area contributed by atoms with Crippen molar-refractivity contribution in [1.82, 2.24) is 5.32 Å². The van der Waals surface area contributed by atoms with E-state index in [-0.39, 0.29) is 6.23 Å². The topological polar surface area (TPSA) is 21.3 Å². The molecule has 1 saturated heterocycles. The molecule has 2 heteroatoms. The molecule has 1 unspecified atom stereocenters. The van der Waals surface area contributed by atoms with E-state index >= 15 is 0 Å². The van der Waals surface area contributed by atoms with Gasteiger partial charge in [-0.25, -0.2) is 0 Å². The van der Waals surface area contributed by atoms with Gasteiger partial charge in [0.25, 0.3) is 0 Å². The molecule has 1 saturated carbocycles. The van der Waals surface area contributed by atoms with Crippen molar-refractivity contribution in [2.45, 2.75) is 51.0 Å². The largest absolute Gasteiger partial charge is 0.354 e. The molecule has 16 heavy (non-hydrogen) atoms. The van der Waals surface area contributed by atoms with Crippen LogP contribution in [0.1, 0.15) is 43.0 Å². The highest BCUT2D eigenvalue weighted by molar-refractivity contribution is 5.23. The predicted octanol–water partition coefficient (Wildman–Crippen LogP) is 2.92. The molecular formula is C14H19NO. The minimum atomic E-state index is 0.119. The molecule has 86 valence electrons. The summed E-state index contributed by atoms with van der Waals surface area (Å²) in [6.45, 7) is 2.12. The first kappa shape index (κ1) is 10.3. The Bertz CT molecular complexity index is 346. The molecule has 0 bridgehead atoms. The first-order chi connectivity index (χ1) is 7.83. The molecule has 0 radical (unpaired) electrons. The van der Waals surface area contributed by atoms with Crippen molar-refractivity contribution in [1.29, 1.82) is 0 Å². The Balaban J connectivity index is 1.75. The zero-order valence-corrected chi connectivity index (χ0v) is 9.78. The lowest BCUT2D eigenvalue weighted by Gasteiger charge is -2.22. The maximum atomic E-state index is 6.08. The highest BCUT2D eigenvalue weighted by Gasteiger charge is 2.36. The molecule has 1 aliphatic heterocycles. The second kappa shape index (κ2) is 4.19. The molecule has 0 spiro atoms. The van der Waals surface area contributed by atoms with Crippen molar-refractivity contribution in [2.24, 2.45) is 0 Å². The minimum absolute atomic E-state index is 0.119. The second-order valence-corrected chi connectivity index (χ2v) is 5.02. The summed E-state index contributed by atoms with van der Waals surface area (Å²) in [6.07, 6.45) is 5.73. The lowest BCUT2D eigenvalue weighted by molar-refractivity contribution is 0.0246. The van der Waals surface area contributed by atoms with Gasteiger partial charge in [0.15, 0.2) is 0 Å². The van der Waals surface area contributed by atoms with E-state index in [9.17, 15) is 0 Å². The predicted molar refractivity (Wildman–Crippen MR) is 64.2 cm³/mol. The van der Waals surface area contributed by atoms with Gasteiger partial charge in [0.05, 0.1) is 6.10 Å². The molecule has 1 aromatic carbocycles. The summed E-state index contributed by atoms with van der Waals surface area (Å²) < 4.78 is 6.08. The van der Waals surface area contributed by atoms with Gasteiger partial charge in [0.2, 0.25) is 0 Å². The summed E-state index contributed by atoms with van der Waals surface area (Å²) in [5, 5.41) is 3.61. The smallest absolute Gasteiger partial charge is 0.135 e. The third kappa shape index (κ3) is 1.87. The average Bonchev–Trinajstić information content (AvgIpc) is 2.73. The standard InChI is InChI=1S/C14H19NO/c1-10-6-8-11(9-7-10)14-15-12-4-2-3-5-13(12)16-14/h6-9,12-15H,2-5H2,1H3/t12-,13-,14?/m1/s1. The van der Waals surface area contributed by atoms with Crippen molar-refractivity contribution < 1.29 is 4.74 Å². The number of benzene rings is 1. The van der Waals surface area contributed by atoms with Gasteiger partial charge in [-0.2, -0.15) is 0 Å². The lowest BCUT2D eigenvalue weighted by Crippen LogP contribution is -2.33. The van der Waals surface area contributed by atoms with E-state index in [0.29, 0.717) is 12.1 Å². The minimum Gasteiger partial charge on any atom is -0.354 e. The van der Waals surface area contributed by atoms with E-state index in [4.69, 9.17) is 4.74 Å². The van der Waals surface area contributed by atoms with Crippen molar-refractivity contribution in [2.75, 3.05) is 0 Å². The van der Waals surface area contributed by atoms with Crippen LogP contribution in [-0.4, -0.2) is 12.1 Å². The van der Waals surface area contributed by atoms with Crippen molar-refractivity contribution in [3.63, 3.8) is 0 Å². The van der Waals surface area contributed by atoms with Gasteiger partial charge in [0, 0.05) is 6.04 Å². The zero-order valence-electron chi connectivity index (χ0n) is 9.78. The highest BCUT2D eigenvalue weighted by Crippen LogP contribution is 2.33. The molecule has 2 aliphatic rings. The third-order valence-corrected chi connectivity index (χ3v) is 3.76. The number of rotatable bonds is 1. The van der Waals surface area contributed by atoms with E-state index in [0.717, 1.165) is 0 Å². The summed E-state index contributed by atoms with van der Waals surface area (Å²) in [7, 11) is 0. The fraction of sp³-hybridized carbons (Fsp3) is 0.571. The van der Waals surface area contributed by atoms with E-state index < -0.39 is 0 Å². The number of fused-ring (bicyclic) bond motifs is 1. The van der Waals surface area contributed by atoms with Crippen LogP contribution in [0.3, 0.4) is 0 Å². The van der Waals surface area contributed by atoms with Crippen LogP contribution in [0.2, 0.25) is 0 Å². The Kier molecular flexibility index (Phi) is 2.70. The summed E-state index contributed by atoms with van der Waals surface area (Å²) in [6, 6.07) is 9.24. The van der Waals surface area contributed by atoms with E-state index in [1.54, 1.807) is 0 Å². The Morgan fingerprint density at radius 3 is 2.62 bits per heavy atom. The second-order valence-electron chi connectivity index (χ2n) is 5.02. The van der Waals surface area contributed by atoms with Gasteiger partial charge in [-0.3, -0.25) is 5.32 Å². The summed E-state index contributed by atoms with van der Waals surface area (Å²) in [5.41, 5.74) is 2.57. The molecule has 1 N–H and O–H groups in total. The number of hydrogen-bond donors (Lipinski definition) is 1. The first-order valence-electron chi connectivity index (χ1n) is 6.31. The van der Waals surface area contributed by atoms with Gasteiger partial charge in [0.1, 0.15) is 6.23 Å². The maximum absolute atomic E-state index is 6.08. The fourth-order valence-electron chi connectivity index (χ4n) is 2.77. The number of aryl methyl sites for hydroxylation is 1.